The summed E-state index contributed by atoms with van der Waals surface area (Å²) in [6, 6.07) is 25.8. The molecule has 0 radical (unpaired) electrons. The van der Waals surface area contributed by atoms with Gasteiger partial charge in [0.25, 0.3) is 0 Å². The predicted octanol–water partition coefficient (Wildman–Crippen LogP) is 4.60. The van der Waals surface area contributed by atoms with Gasteiger partial charge in [0.05, 0.1) is 17.4 Å². The van der Waals surface area contributed by atoms with Crippen LogP contribution in [0.25, 0.3) is 0 Å². The van der Waals surface area contributed by atoms with Crippen LogP contribution >= 0.6 is 0 Å². The van der Waals surface area contributed by atoms with Crippen molar-refractivity contribution in [2.24, 2.45) is 9.98 Å². The second-order valence-electron chi connectivity index (χ2n) is 8.18. The number of carbonyl (C=O) groups excluding carboxylic acids is 1. The Bertz CT molecular complexity index is 1220. The molecule has 2 atom stereocenters. The minimum absolute atomic E-state index is 0.121. The van der Waals surface area contributed by atoms with E-state index in [1.54, 1.807) is 0 Å². The van der Waals surface area contributed by atoms with Crippen molar-refractivity contribution in [3.05, 3.63) is 95.6 Å². The van der Waals surface area contributed by atoms with Crippen molar-refractivity contribution < 1.29 is 4.79 Å². The van der Waals surface area contributed by atoms with Crippen molar-refractivity contribution >= 4 is 29.0 Å². The Kier molecular flexibility index (Phi) is 5.19. The summed E-state index contributed by atoms with van der Waals surface area (Å²) in [4.78, 5) is 25.0. The summed E-state index contributed by atoms with van der Waals surface area (Å²) in [5.74, 6) is 0.760. The molecule has 32 heavy (non-hydrogen) atoms. The van der Waals surface area contributed by atoms with E-state index in [2.05, 4.69) is 34.6 Å². The van der Waals surface area contributed by atoms with Gasteiger partial charge in [0.15, 0.2) is 6.17 Å². The van der Waals surface area contributed by atoms with E-state index in [9.17, 15) is 4.79 Å². The van der Waals surface area contributed by atoms with Crippen LogP contribution in [0.15, 0.2) is 88.8 Å². The Morgan fingerprint density at radius 2 is 1.75 bits per heavy atom. The number of amidine groups is 1. The number of aryl methyl sites for hydroxylation is 1. The van der Waals surface area contributed by atoms with E-state index in [1.807, 2.05) is 73.7 Å². The number of rotatable bonds is 3. The molecule has 5 rings (SSSR count). The van der Waals surface area contributed by atoms with Crippen LogP contribution in [-0.2, 0) is 0 Å². The van der Waals surface area contributed by atoms with E-state index in [0.717, 1.165) is 46.2 Å². The average Bonchev–Trinajstić information content (AvgIpc) is 3.13. The standard InChI is InChI=1S/C26H25N5O/c1-17-9-8-12-20(15-17)28-26(32)30-24-25-27-18(2)16-31(25)22-14-7-6-13-21(22)23(29-24)19-10-4-3-5-11-19/h3-15,18,24H,16H2,1-2H3,(H2,28,30,32)/t18-,24-/m1/s1. The van der Waals surface area contributed by atoms with Gasteiger partial charge in [-0.3, -0.25) is 9.98 Å². The quantitative estimate of drug-likeness (QED) is 0.646. The Hall–Kier alpha value is -3.93. The van der Waals surface area contributed by atoms with E-state index < -0.39 is 6.17 Å². The van der Waals surface area contributed by atoms with Crippen molar-refractivity contribution in [1.82, 2.24) is 5.32 Å². The molecule has 6 heteroatoms. The molecule has 0 saturated heterocycles. The summed E-state index contributed by atoms with van der Waals surface area (Å²) in [6.07, 6.45) is -0.604. The Morgan fingerprint density at radius 3 is 2.56 bits per heavy atom. The van der Waals surface area contributed by atoms with E-state index >= 15 is 0 Å². The molecule has 6 nitrogen and oxygen atoms in total. The summed E-state index contributed by atoms with van der Waals surface area (Å²) in [5, 5.41) is 5.97. The number of aliphatic imine (C=N–C) groups is 2. The number of carbonyl (C=O) groups is 1. The summed E-state index contributed by atoms with van der Waals surface area (Å²) in [6.45, 7) is 4.83. The lowest BCUT2D eigenvalue weighted by Gasteiger charge is -2.24. The number of fused-ring (bicyclic) bond motifs is 3. The third kappa shape index (κ3) is 3.87. The zero-order valence-electron chi connectivity index (χ0n) is 18.1. The molecule has 0 fully saturated rings. The van der Waals surface area contributed by atoms with Crippen LogP contribution in [0.1, 0.15) is 23.6 Å². The molecule has 2 heterocycles. The van der Waals surface area contributed by atoms with Crippen molar-refractivity contribution in [2.45, 2.75) is 26.1 Å². The van der Waals surface area contributed by atoms with E-state index in [4.69, 9.17) is 9.98 Å². The fourth-order valence-electron chi connectivity index (χ4n) is 4.24. The maximum atomic E-state index is 12.9. The first-order valence-electron chi connectivity index (χ1n) is 10.8. The molecular formula is C26H25N5O. The molecule has 2 N–H and O–H groups in total. The summed E-state index contributed by atoms with van der Waals surface area (Å²) < 4.78 is 0. The maximum absolute atomic E-state index is 12.9. The molecule has 0 unspecified atom stereocenters. The number of hydrogen-bond donors (Lipinski definition) is 2. The largest absolute Gasteiger partial charge is 0.324 e. The SMILES string of the molecule is Cc1cccc(NC(=O)N[C@H]2N=C(c3ccccc3)c3ccccc3N3C[C@@H](C)N=C23)c1. The third-order valence-corrected chi connectivity index (χ3v) is 5.62. The molecule has 0 bridgehead atoms. The molecule has 2 amide bonds. The number of amides is 2. The van der Waals surface area contributed by atoms with Crippen LogP contribution in [0.2, 0.25) is 0 Å². The van der Waals surface area contributed by atoms with Crippen LogP contribution in [-0.4, -0.2) is 36.3 Å². The second kappa shape index (κ2) is 8.30. The summed E-state index contributed by atoms with van der Waals surface area (Å²) in [7, 11) is 0. The summed E-state index contributed by atoms with van der Waals surface area (Å²) >= 11 is 0. The third-order valence-electron chi connectivity index (χ3n) is 5.62. The summed E-state index contributed by atoms with van der Waals surface area (Å²) in [5.41, 5.74) is 5.75. The van der Waals surface area contributed by atoms with Gasteiger partial charge in [0.2, 0.25) is 0 Å². The van der Waals surface area contributed by atoms with Gasteiger partial charge >= 0.3 is 6.03 Å². The van der Waals surface area contributed by atoms with Crippen molar-refractivity contribution in [3.8, 4) is 0 Å². The molecule has 0 saturated carbocycles. The lowest BCUT2D eigenvalue weighted by Crippen LogP contribution is -2.47. The predicted molar refractivity (Wildman–Crippen MR) is 130 cm³/mol. The molecule has 0 aliphatic carbocycles. The van der Waals surface area contributed by atoms with Crippen molar-refractivity contribution in [1.29, 1.82) is 0 Å². The Labute approximate surface area is 187 Å². The first kappa shape index (κ1) is 20.0. The number of urea groups is 1. The van der Waals surface area contributed by atoms with Crippen molar-refractivity contribution in [2.75, 3.05) is 16.8 Å². The molecule has 2 aliphatic rings. The second-order valence-corrected chi connectivity index (χ2v) is 8.18. The number of benzene rings is 3. The molecule has 0 spiro atoms. The smallest absolute Gasteiger partial charge is 0.321 e. The minimum Gasteiger partial charge on any atom is -0.324 e. The number of nitrogens with one attached hydrogen (secondary N) is 2. The van der Waals surface area contributed by atoms with Crippen LogP contribution < -0.4 is 15.5 Å². The highest BCUT2D eigenvalue weighted by atomic mass is 16.2. The zero-order chi connectivity index (χ0) is 22.1. The average molecular weight is 424 g/mol. The molecule has 160 valence electrons. The highest BCUT2D eigenvalue weighted by Gasteiger charge is 2.35. The highest BCUT2D eigenvalue weighted by molar-refractivity contribution is 6.21. The van der Waals surface area contributed by atoms with Crippen LogP contribution in [0.3, 0.4) is 0 Å². The highest BCUT2D eigenvalue weighted by Crippen LogP contribution is 2.31. The number of nitrogens with zero attached hydrogens (tertiary/aromatic N) is 3. The van der Waals surface area contributed by atoms with Gasteiger partial charge in [0.1, 0.15) is 5.84 Å². The van der Waals surface area contributed by atoms with Gasteiger partial charge in [-0.05, 0) is 37.6 Å². The fourth-order valence-corrected chi connectivity index (χ4v) is 4.24. The first-order valence-corrected chi connectivity index (χ1v) is 10.8. The number of hydrogen-bond acceptors (Lipinski definition) is 4. The first-order chi connectivity index (χ1) is 15.6. The number of anilines is 2. The van der Waals surface area contributed by atoms with Gasteiger partial charge in [-0.15, -0.1) is 0 Å². The van der Waals surface area contributed by atoms with Crippen LogP contribution in [0, 0.1) is 6.92 Å². The molecule has 0 aromatic heterocycles. The van der Waals surface area contributed by atoms with E-state index in [1.165, 1.54) is 0 Å². The van der Waals surface area contributed by atoms with Gasteiger partial charge in [-0.25, -0.2) is 4.79 Å². The fraction of sp³-hybridized carbons (Fsp3) is 0.192. The van der Waals surface area contributed by atoms with Gasteiger partial charge in [-0.1, -0.05) is 60.7 Å². The number of para-hydroxylation sites is 1. The van der Waals surface area contributed by atoms with Crippen LogP contribution in [0.5, 0.6) is 0 Å². The zero-order valence-corrected chi connectivity index (χ0v) is 18.1. The van der Waals surface area contributed by atoms with Crippen molar-refractivity contribution in [3.63, 3.8) is 0 Å². The monoisotopic (exact) mass is 423 g/mol. The van der Waals surface area contributed by atoms with E-state index in [-0.39, 0.29) is 12.1 Å². The maximum Gasteiger partial charge on any atom is 0.321 e. The van der Waals surface area contributed by atoms with E-state index in [0.29, 0.717) is 0 Å². The molecule has 3 aromatic carbocycles. The van der Waals surface area contributed by atoms with Crippen LogP contribution in [0.4, 0.5) is 16.2 Å². The lowest BCUT2D eigenvalue weighted by molar-refractivity contribution is 0.251. The van der Waals surface area contributed by atoms with Gasteiger partial charge in [-0.2, -0.15) is 0 Å². The van der Waals surface area contributed by atoms with Gasteiger partial charge < -0.3 is 15.5 Å². The lowest BCUT2D eigenvalue weighted by atomic mass is 10.0. The molecule has 2 aliphatic heterocycles. The Balaban J connectivity index is 1.55. The minimum atomic E-state index is -0.604. The normalized spacial score (nSPS) is 19.2. The van der Waals surface area contributed by atoms with Gasteiger partial charge in [0, 0.05) is 23.4 Å². The molecular weight excluding hydrogens is 398 g/mol. The topological polar surface area (TPSA) is 69.1 Å². The molecule has 3 aromatic rings. The Morgan fingerprint density at radius 1 is 0.969 bits per heavy atom.